The van der Waals surface area contributed by atoms with Crippen LogP contribution in [0.3, 0.4) is 0 Å². The first kappa shape index (κ1) is 15.7. The Kier molecular flexibility index (Phi) is 7.23. The van der Waals surface area contributed by atoms with Crippen LogP contribution in [0.15, 0.2) is 12.2 Å². The van der Waals surface area contributed by atoms with Gasteiger partial charge in [-0.05, 0) is 33.1 Å². The van der Waals surface area contributed by atoms with Crippen LogP contribution in [0.25, 0.3) is 0 Å². The lowest BCUT2D eigenvalue weighted by Crippen LogP contribution is -2.34. The van der Waals surface area contributed by atoms with Crippen LogP contribution in [-0.4, -0.2) is 25.2 Å². The maximum Gasteiger partial charge on any atom is 0.320 e. The molecule has 0 unspecified atom stereocenters. The second-order valence-electron chi connectivity index (χ2n) is 4.71. The molecule has 0 spiro atoms. The molecule has 0 bridgehead atoms. The first-order valence-electron chi connectivity index (χ1n) is 7.20. The number of allylic oxidation sites excluding steroid dienone is 2. The van der Waals surface area contributed by atoms with E-state index >= 15 is 0 Å². The molecule has 0 saturated heterocycles. The van der Waals surface area contributed by atoms with Gasteiger partial charge >= 0.3 is 11.9 Å². The zero-order valence-corrected chi connectivity index (χ0v) is 11.9. The average molecular weight is 268 g/mol. The molecule has 1 rings (SSSR count). The van der Waals surface area contributed by atoms with Crippen molar-refractivity contribution in [3.8, 4) is 0 Å². The van der Waals surface area contributed by atoms with Gasteiger partial charge < -0.3 is 9.47 Å². The fourth-order valence-electron chi connectivity index (χ4n) is 2.37. The molecular weight excluding hydrogens is 244 g/mol. The van der Waals surface area contributed by atoms with E-state index < -0.39 is 17.9 Å². The lowest BCUT2D eigenvalue weighted by atomic mass is 9.85. The van der Waals surface area contributed by atoms with Crippen molar-refractivity contribution >= 4 is 11.9 Å². The van der Waals surface area contributed by atoms with Crippen LogP contribution in [0.1, 0.15) is 46.0 Å². The molecular formula is C15H24O4. The Hall–Kier alpha value is -1.32. The third kappa shape index (κ3) is 5.05. The average Bonchev–Trinajstić information content (AvgIpc) is 2.32. The number of carbonyl (C=O) groups is 2. The number of hydrogen-bond acceptors (Lipinski definition) is 4. The predicted octanol–water partition coefficient (Wildman–Crippen LogP) is 2.87. The molecule has 0 aromatic carbocycles. The third-order valence-corrected chi connectivity index (χ3v) is 3.30. The van der Waals surface area contributed by atoms with Crippen LogP contribution in [0.5, 0.6) is 0 Å². The van der Waals surface area contributed by atoms with Crippen molar-refractivity contribution in [3.05, 3.63) is 12.2 Å². The highest BCUT2D eigenvalue weighted by Crippen LogP contribution is 2.26. The Labute approximate surface area is 115 Å². The molecule has 0 heterocycles. The first-order chi connectivity index (χ1) is 9.20. The highest BCUT2D eigenvalue weighted by molar-refractivity contribution is 5.95. The smallest absolute Gasteiger partial charge is 0.320 e. The third-order valence-electron chi connectivity index (χ3n) is 3.30. The van der Waals surface area contributed by atoms with Crippen LogP contribution in [0.2, 0.25) is 0 Å². The van der Waals surface area contributed by atoms with Crippen LogP contribution < -0.4 is 0 Å². The largest absolute Gasteiger partial charge is 0.465 e. The van der Waals surface area contributed by atoms with E-state index in [9.17, 15) is 9.59 Å². The predicted molar refractivity (Wildman–Crippen MR) is 72.5 cm³/mol. The molecule has 4 nitrogen and oxygen atoms in total. The normalized spacial score (nSPS) is 19.6. The van der Waals surface area contributed by atoms with Crippen molar-refractivity contribution in [2.75, 3.05) is 13.2 Å². The lowest BCUT2D eigenvalue weighted by molar-refractivity contribution is -0.163. The molecule has 0 fully saturated rings. The van der Waals surface area contributed by atoms with Gasteiger partial charge in [-0.25, -0.2) is 0 Å². The highest BCUT2D eigenvalue weighted by Gasteiger charge is 2.35. The fourth-order valence-corrected chi connectivity index (χ4v) is 2.37. The summed E-state index contributed by atoms with van der Waals surface area (Å²) in [6.07, 6.45) is 9.23. The molecule has 4 heteroatoms. The zero-order valence-electron chi connectivity index (χ0n) is 11.9. The first-order valence-corrected chi connectivity index (χ1v) is 7.20. The molecule has 19 heavy (non-hydrogen) atoms. The van der Waals surface area contributed by atoms with E-state index in [4.69, 9.17) is 9.47 Å². The molecule has 108 valence electrons. The van der Waals surface area contributed by atoms with Gasteiger partial charge in [0.2, 0.25) is 0 Å². The fraction of sp³-hybridized carbons (Fsp3) is 0.733. The molecule has 0 amide bonds. The highest BCUT2D eigenvalue weighted by atomic mass is 16.6. The van der Waals surface area contributed by atoms with Gasteiger partial charge in [-0.1, -0.05) is 25.0 Å². The Morgan fingerprint density at radius 2 is 1.74 bits per heavy atom. The van der Waals surface area contributed by atoms with Crippen LogP contribution in [0, 0.1) is 11.8 Å². The maximum atomic E-state index is 12.0. The van der Waals surface area contributed by atoms with Gasteiger partial charge in [-0.15, -0.1) is 0 Å². The SMILES string of the molecule is CCOC(=O)C(C(=O)OCC)[C@@H]1C=CCCCCC1. The van der Waals surface area contributed by atoms with Crippen molar-refractivity contribution in [2.45, 2.75) is 46.0 Å². The zero-order chi connectivity index (χ0) is 14.1. The summed E-state index contributed by atoms with van der Waals surface area (Å²) in [5, 5.41) is 0. The van der Waals surface area contributed by atoms with E-state index in [0.29, 0.717) is 0 Å². The Bertz CT molecular complexity index is 304. The van der Waals surface area contributed by atoms with Crippen molar-refractivity contribution in [1.29, 1.82) is 0 Å². The number of esters is 2. The molecule has 1 aliphatic carbocycles. The van der Waals surface area contributed by atoms with E-state index in [2.05, 4.69) is 6.08 Å². The quantitative estimate of drug-likeness (QED) is 0.437. The molecule has 0 aromatic heterocycles. The van der Waals surface area contributed by atoms with Gasteiger partial charge in [0.15, 0.2) is 5.92 Å². The van der Waals surface area contributed by atoms with E-state index in [-0.39, 0.29) is 19.1 Å². The summed E-state index contributed by atoms with van der Waals surface area (Å²) in [5.41, 5.74) is 0. The van der Waals surface area contributed by atoms with Crippen LogP contribution in [0.4, 0.5) is 0 Å². The van der Waals surface area contributed by atoms with Gasteiger partial charge in [0.25, 0.3) is 0 Å². The van der Waals surface area contributed by atoms with Crippen molar-refractivity contribution < 1.29 is 19.1 Å². The van der Waals surface area contributed by atoms with Gasteiger partial charge in [0, 0.05) is 5.92 Å². The summed E-state index contributed by atoms with van der Waals surface area (Å²) in [7, 11) is 0. The van der Waals surface area contributed by atoms with Crippen molar-refractivity contribution in [3.63, 3.8) is 0 Å². The molecule has 0 aliphatic heterocycles. The molecule has 0 aromatic rings. The van der Waals surface area contributed by atoms with E-state index in [1.54, 1.807) is 13.8 Å². The molecule has 0 saturated carbocycles. The van der Waals surface area contributed by atoms with Gasteiger partial charge in [-0.3, -0.25) is 9.59 Å². The van der Waals surface area contributed by atoms with E-state index in [1.165, 1.54) is 6.42 Å². The Balaban J connectivity index is 2.83. The van der Waals surface area contributed by atoms with Gasteiger partial charge in [-0.2, -0.15) is 0 Å². The van der Waals surface area contributed by atoms with E-state index in [0.717, 1.165) is 25.7 Å². The summed E-state index contributed by atoms with van der Waals surface area (Å²) in [4.78, 5) is 24.0. The lowest BCUT2D eigenvalue weighted by Gasteiger charge is -2.22. The van der Waals surface area contributed by atoms with Crippen LogP contribution in [-0.2, 0) is 19.1 Å². The number of ether oxygens (including phenoxy) is 2. The summed E-state index contributed by atoms with van der Waals surface area (Å²) in [6, 6.07) is 0. The molecule has 0 radical (unpaired) electrons. The van der Waals surface area contributed by atoms with Gasteiger partial charge in [0.05, 0.1) is 13.2 Å². The standard InChI is InChI=1S/C15H24O4/c1-3-18-14(16)13(15(17)19-4-2)12-10-8-6-5-7-9-11-12/h8,10,12-13H,3-7,9,11H2,1-2H3/t12-/m1/s1. The summed E-state index contributed by atoms with van der Waals surface area (Å²) in [6.45, 7) is 4.05. The maximum absolute atomic E-state index is 12.0. The monoisotopic (exact) mass is 268 g/mol. The molecule has 1 aliphatic rings. The number of hydrogen-bond donors (Lipinski definition) is 0. The van der Waals surface area contributed by atoms with Crippen molar-refractivity contribution in [1.82, 2.24) is 0 Å². The summed E-state index contributed by atoms with van der Waals surface area (Å²) in [5.74, 6) is -1.83. The Morgan fingerprint density at radius 1 is 1.11 bits per heavy atom. The molecule has 1 atom stereocenters. The van der Waals surface area contributed by atoms with E-state index in [1.807, 2.05) is 6.08 Å². The van der Waals surface area contributed by atoms with Crippen molar-refractivity contribution in [2.24, 2.45) is 11.8 Å². The topological polar surface area (TPSA) is 52.6 Å². The van der Waals surface area contributed by atoms with Gasteiger partial charge in [0.1, 0.15) is 0 Å². The second kappa shape index (κ2) is 8.73. The number of rotatable bonds is 5. The second-order valence-corrected chi connectivity index (χ2v) is 4.71. The number of carbonyl (C=O) groups excluding carboxylic acids is 2. The molecule has 0 N–H and O–H groups in total. The van der Waals surface area contributed by atoms with Crippen LogP contribution >= 0.6 is 0 Å². The Morgan fingerprint density at radius 3 is 2.32 bits per heavy atom. The summed E-state index contributed by atoms with van der Waals surface area (Å²) < 4.78 is 10.0. The minimum atomic E-state index is -0.811. The minimum absolute atomic E-state index is 0.0987. The summed E-state index contributed by atoms with van der Waals surface area (Å²) >= 11 is 0. The minimum Gasteiger partial charge on any atom is -0.465 e.